The van der Waals surface area contributed by atoms with E-state index in [0.717, 1.165) is 11.3 Å². The lowest BCUT2D eigenvalue weighted by molar-refractivity contribution is -0.146. The van der Waals surface area contributed by atoms with Gasteiger partial charge in [-0.3, -0.25) is 9.79 Å². The highest BCUT2D eigenvalue weighted by Crippen LogP contribution is 2.21. The van der Waals surface area contributed by atoms with Crippen LogP contribution in [0.2, 0.25) is 0 Å². The van der Waals surface area contributed by atoms with E-state index in [1.54, 1.807) is 13.1 Å². The van der Waals surface area contributed by atoms with Crippen LogP contribution in [-0.2, 0) is 9.53 Å². The third-order valence-corrected chi connectivity index (χ3v) is 4.11. The van der Waals surface area contributed by atoms with Gasteiger partial charge in [-0.15, -0.1) is 0 Å². The number of carbonyl (C=O) groups is 1. The molecule has 0 aliphatic carbocycles. The van der Waals surface area contributed by atoms with E-state index in [9.17, 15) is 4.79 Å². The second kappa shape index (κ2) is 18.1. The Morgan fingerprint density at radius 1 is 1.14 bits per heavy atom. The standard InChI is InChI=1S/C15H19NO2.C8H19N.C2H6/c1-5-7-13-9-10-15(4,18-12(3)17)11-16-14(13)8-6-2;1-4-7-8-9(5-2)6-3;1-2/h5-11H,1-4H3;4-8H2,1-3H3;1-2H3/b7-5-,8-6-;;. The van der Waals surface area contributed by atoms with E-state index in [1.165, 1.54) is 39.4 Å². The van der Waals surface area contributed by atoms with E-state index in [4.69, 9.17) is 4.74 Å². The van der Waals surface area contributed by atoms with E-state index < -0.39 is 5.60 Å². The van der Waals surface area contributed by atoms with Gasteiger partial charge in [0.2, 0.25) is 0 Å². The summed E-state index contributed by atoms with van der Waals surface area (Å²) in [5.74, 6) is -0.323. The van der Waals surface area contributed by atoms with Crippen molar-refractivity contribution in [2.75, 3.05) is 19.6 Å². The number of unbranched alkanes of at least 4 members (excludes halogenated alkanes) is 1. The van der Waals surface area contributed by atoms with Crippen molar-refractivity contribution in [3.8, 4) is 0 Å². The maximum atomic E-state index is 11.1. The minimum Gasteiger partial charge on any atom is -0.449 e. The van der Waals surface area contributed by atoms with Crippen molar-refractivity contribution < 1.29 is 9.53 Å². The van der Waals surface area contributed by atoms with Gasteiger partial charge < -0.3 is 9.64 Å². The molecule has 0 spiro atoms. The molecule has 1 heterocycles. The molecule has 0 aromatic rings. The number of hydrogen-bond acceptors (Lipinski definition) is 4. The van der Waals surface area contributed by atoms with Gasteiger partial charge in [-0.25, -0.2) is 0 Å². The smallest absolute Gasteiger partial charge is 0.303 e. The average Bonchev–Trinajstić information content (AvgIpc) is 2.85. The topological polar surface area (TPSA) is 41.9 Å². The molecule has 0 saturated carbocycles. The fourth-order valence-corrected chi connectivity index (χ4v) is 2.57. The SMILES string of the molecule is C/C=C\C1=C(/C=C\C)N=CC(C)(OC(C)=O)C=C1.CC.CCCCN(CC)CC. The van der Waals surface area contributed by atoms with Crippen molar-refractivity contribution in [2.24, 2.45) is 4.99 Å². The molecule has 4 nitrogen and oxygen atoms in total. The van der Waals surface area contributed by atoms with E-state index in [0.29, 0.717) is 0 Å². The van der Waals surface area contributed by atoms with Crippen LogP contribution in [0, 0.1) is 0 Å². The fraction of sp³-hybridized carbons (Fsp3) is 0.600. The van der Waals surface area contributed by atoms with Gasteiger partial charge in [-0.05, 0) is 64.6 Å². The second-order valence-corrected chi connectivity index (χ2v) is 6.59. The van der Waals surface area contributed by atoms with Gasteiger partial charge in [0.25, 0.3) is 0 Å². The molecule has 1 rings (SSSR count). The molecule has 1 aliphatic rings. The van der Waals surface area contributed by atoms with Crippen LogP contribution in [0.25, 0.3) is 0 Å². The van der Waals surface area contributed by atoms with Gasteiger partial charge in [-0.2, -0.15) is 0 Å². The molecule has 0 aromatic heterocycles. The van der Waals surface area contributed by atoms with Gasteiger partial charge in [0.05, 0.1) is 11.9 Å². The summed E-state index contributed by atoms with van der Waals surface area (Å²) in [7, 11) is 0. The third kappa shape index (κ3) is 13.8. The molecule has 0 fully saturated rings. The van der Waals surface area contributed by atoms with Gasteiger partial charge in [0.1, 0.15) is 0 Å². The number of hydrogen-bond donors (Lipinski definition) is 0. The van der Waals surface area contributed by atoms with Crippen LogP contribution in [0.5, 0.6) is 0 Å². The zero-order valence-electron chi connectivity index (χ0n) is 20.3. The molecule has 4 heteroatoms. The molecular formula is C25H44N2O2. The number of aliphatic imine (C=N–C) groups is 1. The lowest BCUT2D eigenvalue weighted by atomic mass is 10.1. The molecule has 0 amide bonds. The molecule has 1 aliphatic heterocycles. The Kier molecular flexibility index (Phi) is 18.3. The first-order valence-corrected chi connectivity index (χ1v) is 11.0. The van der Waals surface area contributed by atoms with Crippen molar-refractivity contribution in [3.05, 3.63) is 47.7 Å². The molecular weight excluding hydrogens is 360 g/mol. The number of esters is 1. The Bertz CT molecular complexity index is 548. The maximum absolute atomic E-state index is 11.1. The number of allylic oxidation sites excluding steroid dienone is 6. The summed E-state index contributed by atoms with van der Waals surface area (Å²) in [5, 5.41) is 0. The van der Waals surface area contributed by atoms with Gasteiger partial charge in [0, 0.05) is 6.92 Å². The molecule has 0 N–H and O–H groups in total. The predicted molar refractivity (Wildman–Crippen MR) is 129 cm³/mol. The quantitative estimate of drug-likeness (QED) is 0.433. The maximum Gasteiger partial charge on any atom is 0.303 e. The highest BCUT2D eigenvalue weighted by atomic mass is 16.6. The minimum absolute atomic E-state index is 0.323. The zero-order valence-corrected chi connectivity index (χ0v) is 20.3. The Labute approximate surface area is 180 Å². The summed E-state index contributed by atoms with van der Waals surface area (Å²) in [6.45, 7) is 21.5. The summed E-state index contributed by atoms with van der Waals surface area (Å²) in [5.41, 5.74) is 1.05. The Balaban J connectivity index is 0. The molecule has 0 radical (unpaired) electrons. The second-order valence-electron chi connectivity index (χ2n) is 6.59. The first-order chi connectivity index (χ1) is 13.9. The van der Waals surface area contributed by atoms with Crippen molar-refractivity contribution in [1.29, 1.82) is 0 Å². The summed E-state index contributed by atoms with van der Waals surface area (Å²) < 4.78 is 5.26. The van der Waals surface area contributed by atoms with Gasteiger partial charge >= 0.3 is 5.97 Å². The van der Waals surface area contributed by atoms with Gasteiger partial charge in [-0.1, -0.05) is 65.3 Å². The molecule has 1 unspecified atom stereocenters. The largest absolute Gasteiger partial charge is 0.449 e. The normalized spacial score (nSPS) is 18.4. The van der Waals surface area contributed by atoms with Gasteiger partial charge in [0.15, 0.2) is 5.60 Å². The van der Waals surface area contributed by atoms with E-state index in [1.807, 2.05) is 64.2 Å². The Hall–Kier alpha value is -1.94. The molecule has 0 bridgehead atoms. The summed E-state index contributed by atoms with van der Waals surface area (Å²) in [6, 6.07) is 0. The fourth-order valence-electron chi connectivity index (χ4n) is 2.57. The van der Waals surface area contributed by atoms with E-state index >= 15 is 0 Å². The van der Waals surface area contributed by atoms with Crippen molar-refractivity contribution in [3.63, 3.8) is 0 Å². The number of rotatable bonds is 8. The zero-order chi connectivity index (χ0) is 22.7. The van der Waals surface area contributed by atoms with Crippen LogP contribution < -0.4 is 0 Å². The van der Waals surface area contributed by atoms with Crippen molar-refractivity contribution >= 4 is 12.2 Å². The molecule has 1 atom stereocenters. The average molecular weight is 405 g/mol. The predicted octanol–water partition coefficient (Wildman–Crippen LogP) is 6.51. The molecule has 166 valence electrons. The van der Waals surface area contributed by atoms with Crippen LogP contribution >= 0.6 is 0 Å². The molecule has 0 aromatic carbocycles. The lowest BCUT2D eigenvalue weighted by Crippen LogP contribution is -2.29. The molecule has 29 heavy (non-hydrogen) atoms. The van der Waals surface area contributed by atoms with E-state index in [-0.39, 0.29) is 5.97 Å². The van der Waals surface area contributed by atoms with Crippen LogP contribution in [0.1, 0.15) is 75.2 Å². The summed E-state index contributed by atoms with van der Waals surface area (Å²) >= 11 is 0. The minimum atomic E-state index is -0.790. The highest BCUT2D eigenvalue weighted by Gasteiger charge is 2.23. The van der Waals surface area contributed by atoms with Crippen molar-refractivity contribution in [2.45, 2.75) is 80.8 Å². The third-order valence-electron chi connectivity index (χ3n) is 4.11. The number of ether oxygens (including phenoxy) is 1. The number of carbonyl (C=O) groups excluding carboxylic acids is 1. The van der Waals surface area contributed by atoms with Crippen LogP contribution in [0.3, 0.4) is 0 Å². The molecule has 0 saturated heterocycles. The van der Waals surface area contributed by atoms with E-state index in [2.05, 4.69) is 30.7 Å². The lowest BCUT2D eigenvalue weighted by Gasteiger charge is -2.19. The van der Waals surface area contributed by atoms with Crippen LogP contribution in [-0.4, -0.2) is 42.3 Å². The van der Waals surface area contributed by atoms with Crippen molar-refractivity contribution in [1.82, 2.24) is 4.90 Å². The number of nitrogens with zero attached hydrogens (tertiary/aromatic N) is 2. The Morgan fingerprint density at radius 2 is 1.72 bits per heavy atom. The first-order valence-electron chi connectivity index (χ1n) is 11.0. The first kappa shape index (κ1) is 29.3. The van der Waals surface area contributed by atoms with Crippen LogP contribution in [0.4, 0.5) is 0 Å². The highest BCUT2D eigenvalue weighted by molar-refractivity contribution is 5.79. The summed E-state index contributed by atoms with van der Waals surface area (Å²) in [4.78, 5) is 17.9. The Morgan fingerprint density at radius 3 is 2.17 bits per heavy atom. The van der Waals surface area contributed by atoms with Crippen LogP contribution in [0.15, 0.2) is 52.7 Å². The summed E-state index contributed by atoms with van der Waals surface area (Å²) in [6.07, 6.45) is 15.9. The monoisotopic (exact) mass is 404 g/mol.